The van der Waals surface area contributed by atoms with Gasteiger partial charge in [-0.15, -0.1) is 0 Å². The molecule has 11 atom stereocenters. The minimum absolute atomic E-state index is 0.136. The van der Waals surface area contributed by atoms with Crippen LogP contribution in [0.25, 0.3) is 0 Å². The summed E-state index contributed by atoms with van der Waals surface area (Å²) in [6.45, 7) is 2.41. The fraction of sp³-hybridized carbons (Fsp3) is 0.754. The number of esters is 2. The van der Waals surface area contributed by atoms with E-state index in [-0.39, 0.29) is 19.4 Å². The van der Waals surface area contributed by atoms with Gasteiger partial charge in [-0.05, 0) is 77.0 Å². The van der Waals surface area contributed by atoms with Crippen LogP contribution in [0.15, 0.2) is 72.9 Å². The summed E-state index contributed by atoms with van der Waals surface area (Å²) in [6.07, 6.45) is 35.0. The number of carbonyl (C=O) groups excluding carboxylic acids is 2. The van der Waals surface area contributed by atoms with E-state index < -0.39 is 99.3 Å². The monoisotopic (exact) mass is 1020 g/mol. The normalized spacial score (nSPS) is 25.6. The Morgan fingerprint density at radius 1 is 0.458 bits per heavy atom. The van der Waals surface area contributed by atoms with Gasteiger partial charge in [0.25, 0.3) is 0 Å². The fourth-order valence-electron chi connectivity index (χ4n) is 8.19. The van der Waals surface area contributed by atoms with Crippen LogP contribution < -0.4 is 0 Å². The Bertz CT molecular complexity index is 1530. The Morgan fingerprint density at radius 2 is 0.889 bits per heavy atom. The number of aliphatic hydroxyl groups excluding tert-OH is 7. The first-order valence-corrected chi connectivity index (χ1v) is 27.5. The van der Waals surface area contributed by atoms with Crippen molar-refractivity contribution in [3.63, 3.8) is 0 Å². The third-order valence-corrected chi connectivity index (χ3v) is 12.7. The standard InChI is InChI=1S/C57H96O15/c1-3-5-7-9-11-13-15-17-19-21-22-24-26-28-30-32-34-36-38-40-49(60)70-45(42-67-48(59)39-37-35-33-31-29-27-25-23-20-18-16-14-12-10-8-6-4-2)43-68-56-55(66)53(64)51(62)47(72-56)44-69-57-54(65)52(63)50(61)46(41-58)71-57/h6,8,12,14,17-20,25,27,31,33,45-47,50-58,61-66H,3-5,7,9-11,13,15-16,21-24,26,28-30,32,34-44H2,1-2H3/b8-6+,14-12+,19-17+,20-18+,27-25+,33-31+/t45-,46+,47+,50-,51-,52?,53?,54?,55?,56+,57+/m1/s1. The molecule has 2 rings (SSSR count). The summed E-state index contributed by atoms with van der Waals surface area (Å²) in [6, 6.07) is 0. The van der Waals surface area contributed by atoms with Gasteiger partial charge in [0.1, 0.15) is 55.4 Å². The number of unbranched alkanes of at least 4 members (excludes halogenated alkanes) is 16. The van der Waals surface area contributed by atoms with Gasteiger partial charge in [-0.1, -0.05) is 164 Å². The second-order valence-electron chi connectivity index (χ2n) is 19.0. The molecule has 15 heteroatoms. The molecular formula is C57H96O15. The van der Waals surface area contributed by atoms with Crippen LogP contribution in [0.2, 0.25) is 0 Å². The van der Waals surface area contributed by atoms with Crippen LogP contribution in [0.1, 0.15) is 181 Å². The fourth-order valence-corrected chi connectivity index (χ4v) is 8.19. The molecule has 2 aliphatic rings. The predicted molar refractivity (Wildman–Crippen MR) is 279 cm³/mol. The molecule has 2 heterocycles. The van der Waals surface area contributed by atoms with Crippen molar-refractivity contribution < 1.29 is 73.8 Å². The second-order valence-corrected chi connectivity index (χ2v) is 19.0. The van der Waals surface area contributed by atoms with Gasteiger partial charge < -0.3 is 64.2 Å². The Morgan fingerprint density at radius 3 is 1.43 bits per heavy atom. The number of aliphatic hydroxyl groups is 7. The summed E-state index contributed by atoms with van der Waals surface area (Å²) >= 11 is 0. The van der Waals surface area contributed by atoms with Crippen LogP contribution in [0.4, 0.5) is 0 Å². The molecule has 2 aliphatic heterocycles. The number of rotatable bonds is 42. The van der Waals surface area contributed by atoms with E-state index in [0.29, 0.717) is 19.3 Å². The minimum Gasteiger partial charge on any atom is -0.462 e. The van der Waals surface area contributed by atoms with Gasteiger partial charge in [0.05, 0.1) is 19.8 Å². The predicted octanol–water partition coefficient (Wildman–Crippen LogP) is 8.60. The SMILES string of the molecule is CC/C=C/C/C=C/C/C=C/C/C=C/C/C=C/CCCC(=O)OC[C@H](CO[C@H]1O[C@@H](CO[C@H]2O[C@@H](CO)[C@@H](O)C(O)C2O)[C@@H](O)C(O)C1O)OC(=O)CCCCCCCCCCC/C=C/CCCCCCCC. The highest BCUT2D eigenvalue weighted by Gasteiger charge is 2.47. The Kier molecular flexibility index (Phi) is 39.0. The minimum atomic E-state index is -1.78. The van der Waals surface area contributed by atoms with Gasteiger partial charge in [-0.3, -0.25) is 9.59 Å². The van der Waals surface area contributed by atoms with E-state index in [0.717, 1.165) is 64.2 Å². The zero-order valence-electron chi connectivity index (χ0n) is 43.9. The average molecular weight is 1020 g/mol. The largest absolute Gasteiger partial charge is 0.462 e. The van der Waals surface area contributed by atoms with Crippen molar-refractivity contribution >= 4 is 11.9 Å². The van der Waals surface area contributed by atoms with Gasteiger partial charge in [0, 0.05) is 12.8 Å². The van der Waals surface area contributed by atoms with Crippen molar-refractivity contribution in [1.29, 1.82) is 0 Å². The van der Waals surface area contributed by atoms with Crippen molar-refractivity contribution in [3.05, 3.63) is 72.9 Å². The summed E-state index contributed by atoms with van der Waals surface area (Å²) in [4.78, 5) is 25.8. The molecular weight excluding hydrogens is 925 g/mol. The Balaban J connectivity index is 1.81. The number of hydrogen-bond donors (Lipinski definition) is 7. The lowest BCUT2D eigenvalue weighted by Crippen LogP contribution is -2.61. The molecule has 0 aromatic rings. The summed E-state index contributed by atoms with van der Waals surface area (Å²) in [7, 11) is 0. The second kappa shape index (κ2) is 43.2. The first-order valence-electron chi connectivity index (χ1n) is 27.5. The van der Waals surface area contributed by atoms with E-state index in [1.165, 1.54) is 70.6 Å². The molecule has 0 spiro atoms. The van der Waals surface area contributed by atoms with Crippen LogP contribution >= 0.6 is 0 Å². The molecule has 0 aliphatic carbocycles. The molecule has 0 amide bonds. The van der Waals surface area contributed by atoms with Crippen LogP contribution in [0.5, 0.6) is 0 Å². The Labute approximate surface area is 432 Å². The maximum atomic E-state index is 13.0. The third-order valence-electron chi connectivity index (χ3n) is 12.7. The lowest BCUT2D eigenvalue weighted by Gasteiger charge is -2.42. The van der Waals surface area contributed by atoms with Crippen molar-refractivity contribution in [2.75, 3.05) is 26.4 Å². The zero-order valence-corrected chi connectivity index (χ0v) is 43.9. The maximum absolute atomic E-state index is 13.0. The average Bonchev–Trinajstić information content (AvgIpc) is 3.37. The number of ether oxygens (including phenoxy) is 6. The summed E-state index contributed by atoms with van der Waals surface area (Å²) in [5.74, 6) is -0.998. The van der Waals surface area contributed by atoms with E-state index in [9.17, 15) is 45.3 Å². The van der Waals surface area contributed by atoms with Crippen molar-refractivity contribution in [3.8, 4) is 0 Å². The lowest BCUT2D eigenvalue weighted by molar-refractivity contribution is -0.332. The highest BCUT2D eigenvalue weighted by atomic mass is 16.7. The summed E-state index contributed by atoms with van der Waals surface area (Å²) in [5.41, 5.74) is 0. The molecule has 2 saturated heterocycles. The summed E-state index contributed by atoms with van der Waals surface area (Å²) < 4.78 is 33.6. The molecule has 2 fully saturated rings. The molecule has 0 bridgehead atoms. The molecule has 0 radical (unpaired) electrons. The highest BCUT2D eigenvalue weighted by molar-refractivity contribution is 5.70. The smallest absolute Gasteiger partial charge is 0.306 e. The third kappa shape index (κ3) is 30.3. The van der Waals surface area contributed by atoms with Crippen LogP contribution in [0.3, 0.4) is 0 Å². The summed E-state index contributed by atoms with van der Waals surface area (Å²) in [5, 5.41) is 72.2. The van der Waals surface area contributed by atoms with Gasteiger partial charge >= 0.3 is 11.9 Å². The molecule has 0 aromatic heterocycles. The Hall–Kier alpha value is -3.06. The van der Waals surface area contributed by atoms with Crippen molar-refractivity contribution in [1.82, 2.24) is 0 Å². The van der Waals surface area contributed by atoms with E-state index >= 15 is 0 Å². The molecule has 72 heavy (non-hydrogen) atoms. The van der Waals surface area contributed by atoms with E-state index in [2.05, 4.69) is 74.6 Å². The molecule has 7 N–H and O–H groups in total. The quantitative estimate of drug-likeness (QED) is 0.0172. The highest BCUT2D eigenvalue weighted by Crippen LogP contribution is 2.26. The number of carbonyl (C=O) groups is 2. The van der Waals surface area contributed by atoms with Crippen LogP contribution in [-0.4, -0.2) is 142 Å². The maximum Gasteiger partial charge on any atom is 0.306 e. The molecule has 0 aromatic carbocycles. The first-order chi connectivity index (χ1) is 35.0. The van der Waals surface area contributed by atoms with Gasteiger partial charge in [-0.25, -0.2) is 0 Å². The molecule has 4 unspecified atom stereocenters. The molecule has 0 saturated carbocycles. The molecule has 414 valence electrons. The lowest BCUT2D eigenvalue weighted by atomic mass is 9.98. The van der Waals surface area contributed by atoms with Crippen molar-refractivity contribution in [2.45, 2.75) is 248 Å². The van der Waals surface area contributed by atoms with Gasteiger partial charge in [0.2, 0.25) is 0 Å². The van der Waals surface area contributed by atoms with Crippen LogP contribution in [0, 0.1) is 0 Å². The van der Waals surface area contributed by atoms with Crippen LogP contribution in [-0.2, 0) is 38.0 Å². The van der Waals surface area contributed by atoms with E-state index in [4.69, 9.17) is 28.4 Å². The van der Waals surface area contributed by atoms with Crippen molar-refractivity contribution in [2.24, 2.45) is 0 Å². The van der Waals surface area contributed by atoms with E-state index in [1.807, 2.05) is 12.2 Å². The number of allylic oxidation sites excluding steroid dienone is 12. The molecule has 15 nitrogen and oxygen atoms in total. The zero-order chi connectivity index (χ0) is 52.4. The topological polar surface area (TPSA) is 231 Å². The van der Waals surface area contributed by atoms with Gasteiger partial charge in [-0.2, -0.15) is 0 Å². The first kappa shape index (κ1) is 65.1. The number of hydrogen-bond acceptors (Lipinski definition) is 15. The van der Waals surface area contributed by atoms with Gasteiger partial charge in [0.15, 0.2) is 18.7 Å². The van der Waals surface area contributed by atoms with E-state index in [1.54, 1.807) is 0 Å².